The highest BCUT2D eigenvalue weighted by molar-refractivity contribution is 9.10. The summed E-state index contributed by atoms with van der Waals surface area (Å²) < 4.78 is 6.03. The molecular weight excluding hydrogens is 326 g/mol. The van der Waals surface area contributed by atoms with E-state index in [2.05, 4.69) is 15.9 Å². The van der Waals surface area contributed by atoms with Crippen molar-refractivity contribution >= 4 is 38.9 Å². The fourth-order valence-corrected chi connectivity index (χ4v) is 3.19. The summed E-state index contributed by atoms with van der Waals surface area (Å²) in [4.78, 5) is 13.2. The summed E-state index contributed by atoms with van der Waals surface area (Å²) in [6.07, 6.45) is 0. The number of halogens is 1. The van der Waals surface area contributed by atoms with Gasteiger partial charge in [0.15, 0.2) is 0 Å². The zero-order valence-corrected chi connectivity index (χ0v) is 13.1. The lowest BCUT2D eigenvalue weighted by Crippen LogP contribution is -2.04. The molecule has 100 valence electrons. The second-order valence-electron chi connectivity index (χ2n) is 4.03. The molecule has 2 rings (SSSR count). The highest BCUT2D eigenvalue weighted by Gasteiger charge is 2.17. The number of carbonyl (C=O) groups excluding carboxylic acids is 1. The molecule has 0 bridgehead atoms. The van der Waals surface area contributed by atoms with E-state index in [9.17, 15) is 4.79 Å². The highest BCUT2D eigenvalue weighted by atomic mass is 79.9. The van der Waals surface area contributed by atoms with Crippen LogP contribution in [0, 0.1) is 6.92 Å². The largest absolute Gasteiger partial charge is 0.462 e. The fraction of sp³-hybridized carbons (Fsp3) is 0.214. The molecule has 2 N–H and O–H groups in total. The van der Waals surface area contributed by atoms with E-state index >= 15 is 0 Å². The van der Waals surface area contributed by atoms with E-state index in [0.717, 1.165) is 20.5 Å². The quantitative estimate of drug-likeness (QED) is 0.850. The Kier molecular flexibility index (Phi) is 4.27. The van der Waals surface area contributed by atoms with Crippen LogP contribution in [0.2, 0.25) is 0 Å². The first-order chi connectivity index (χ1) is 9.04. The molecule has 0 saturated carbocycles. The van der Waals surface area contributed by atoms with Gasteiger partial charge >= 0.3 is 5.97 Å². The van der Waals surface area contributed by atoms with Gasteiger partial charge in [0.05, 0.1) is 12.3 Å². The van der Waals surface area contributed by atoms with E-state index in [-0.39, 0.29) is 5.97 Å². The number of esters is 1. The molecule has 1 aromatic heterocycles. The van der Waals surface area contributed by atoms with E-state index in [1.807, 2.05) is 31.2 Å². The number of hydrogen-bond acceptors (Lipinski definition) is 4. The number of anilines is 1. The van der Waals surface area contributed by atoms with Crippen molar-refractivity contribution in [2.45, 2.75) is 13.8 Å². The van der Waals surface area contributed by atoms with Crippen molar-refractivity contribution in [2.75, 3.05) is 12.3 Å². The van der Waals surface area contributed by atoms with Crippen LogP contribution in [0.15, 0.2) is 28.7 Å². The smallest absolute Gasteiger partial charge is 0.350 e. The summed E-state index contributed by atoms with van der Waals surface area (Å²) in [7, 11) is 0. The Labute approximate surface area is 124 Å². The van der Waals surface area contributed by atoms with Gasteiger partial charge < -0.3 is 10.5 Å². The zero-order chi connectivity index (χ0) is 14.0. The minimum absolute atomic E-state index is 0.349. The second-order valence-corrected chi connectivity index (χ2v) is 5.93. The van der Waals surface area contributed by atoms with Crippen LogP contribution in [0.25, 0.3) is 10.4 Å². The Morgan fingerprint density at radius 3 is 2.89 bits per heavy atom. The third-order valence-electron chi connectivity index (χ3n) is 2.75. The van der Waals surface area contributed by atoms with Gasteiger partial charge in [-0.05, 0) is 37.1 Å². The molecule has 0 fully saturated rings. The van der Waals surface area contributed by atoms with Crippen molar-refractivity contribution in [1.82, 2.24) is 0 Å². The summed E-state index contributed by atoms with van der Waals surface area (Å²) in [6.45, 7) is 4.15. The van der Waals surface area contributed by atoms with Gasteiger partial charge in [-0.2, -0.15) is 0 Å². The monoisotopic (exact) mass is 339 g/mol. The third-order valence-corrected chi connectivity index (χ3v) is 4.78. The highest BCUT2D eigenvalue weighted by Crippen LogP contribution is 2.37. The molecule has 3 nitrogen and oxygen atoms in total. The van der Waals surface area contributed by atoms with Gasteiger partial charge in [-0.1, -0.05) is 28.1 Å². The maximum absolute atomic E-state index is 11.8. The number of nitrogen functional groups attached to an aromatic ring is 1. The molecule has 19 heavy (non-hydrogen) atoms. The first-order valence-electron chi connectivity index (χ1n) is 5.86. The van der Waals surface area contributed by atoms with Crippen molar-refractivity contribution in [3.8, 4) is 10.4 Å². The number of thiophene rings is 1. The van der Waals surface area contributed by atoms with Gasteiger partial charge in [0.1, 0.15) is 4.88 Å². The maximum atomic E-state index is 11.8. The SMILES string of the molecule is CCOC(=O)c1sc(-c2cccc(Br)c2C)cc1N. The van der Waals surface area contributed by atoms with Crippen LogP contribution in [-0.2, 0) is 4.74 Å². The van der Waals surface area contributed by atoms with Gasteiger partial charge in [0, 0.05) is 9.35 Å². The molecule has 0 radical (unpaired) electrons. The van der Waals surface area contributed by atoms with Crippen LogP contribution in [0.5, 0.6) is 0 Å². The van der Waals surface area contributed by atoms with Gasteiger partial charge in [-0.15, -0.1) is 11.3 Å². The first-order valence-corrected chi connectivity index (χ1v) is 7.47. The minimum atomic E-state index is -0.358. The average Bonchev–Trinajstić information content (AvgIpc) is 2.75. The molecule has 0 unspecified atom stereocenters. The molecule has 0 aliphatic rings. The molecule has 1 aromatic carbocycles. The summed E-state index contributed by atoms with van der Waals surface area (Å²) in [5.41, 5.74) is 8.56. The lowest BCUT2D eigenvalue weighted by atomic mass is 10.1. The van der Waals surface area contributed by atoms with Crippen LogP contribution < -0.4 is 5.73 Å². The Morgan fingerprint density at radius 1 is 1.47 bits per heavy atom. The van der Waals surface area contributed by atoms with E-state index in [4.69, 9.17) is 10.5 Å². The predicted octanol–water partition coefficient (Wildman–Crippen LogP) is 4.24. The van der Waals surface area contributed by atoms with Crippen molar-refractivity contribution in [3.63, 3.8) is 0 Å². The molecule has 1 heterocycles. The lowest BCUT2D eigenvalue weighted by molar-refractivity contribution is 0.0533. The van der Waals surface area contributed by atoms with E-state index in [0.29, 0.717) is 17.2 Å². The van der Waals surface area contributed by atoms with Crippen LogP contribution >= 0.6 is 27.3 Å². The number of nitrogens with two attached hydrogens (primary N) is 1. The molecule has 0 aliphatic heterocycles. The lowest BCUT2D eigenvalue weighted by Gasteiger charge is -2.04. The standard InChI is InChI=1S/C14H14BrNO2S/c1-3-18-14(17)13-11(16)7-12(19-13)9-5-4-6-10(15)8(9)2/h4-7H,3,16H2,1-2H3. The van der Waals surface area contributed by atoms with Crippen molar-refractivity contribution in [2.24, 2.45) is 0 Å². The molecule has 2 aromatic rings. The van der Waals surface area contributed by atoms with Crippen LogP contribution in [0.4, 0.5) is 5.69 Å². The van der Waals surface area contributed by atoms with Crippen LogP contribution in [-0.4, -0.2) is 12.6 Å². The average molecular weight is 340 g/mol. The molecule has 0 saturated heterocycles. The molecule has 0 amide bonds. The Balaban J connectivity index is 2.45. The fourth-order valence-electron chi connectivity index (χ4n) is 1.77. The van der Waals surface area contributed by atoms with E-state index in [1.165, 1.54) is 11.3 Å². The molecule has 0 aliphatic carbocycles. The Morgan fingerprint density at radius 2 is 2.21 bits per heavy atom. The van der Waals surface area contributed by atoms with Crippen LogP contribution in [0.1, 0.15) is 22.2 Å². The summed E-state index contributed by atoms with van der Waals surface area (Å²) in [6, 6.07) is 7.79. The topological polar surface area (TPSA) is 52.3 Å². The summed E-state index contributed by atoms with van der Waals surface area (Å²) >= 11 is 4.87. The van der Waals surface area contributed by atoms with Crippen molar-refractivity contribution in [1.29, 1.82) is 0 Å². The molecule has 5 heteroatoms. The van der Waals surface area contributed by atoms with Crippen molar-refractivity contribution in [3.05, 3.63) is 39.2 Å². The maximum Gasteiger partial charge on any atom is 0.350 e. The number of carbonyl (C=O) groups is 1. The Hall–Kier alpha value is -1.33. The zero-order valence-electron chi connectivity index (χ0n) is 10.7. The number of ether oxygens (including phenoxy) is 1. The Bertz CT molecular complexity index is 622. The first kappa shape index (κ1) is 14.1. The summed E-state index contributed by atoms with van der Waals surface area (Å²) in [5.74, 6) is -0.358. The molecule has 0 atom stereocenters. The van der Waals surface area contributed by atoms with Gasteiger partial charge in [0.2, 0.25) is 0 Å². The number of benzene rings is 1. The molecule has 0 spiro atoms. The predicted molar refractivity (Wildman–Crippen MR) is 82.6 cm³/mol. The van der Waals surface area contributed by atoms with Crippen molar-refractivity contribution < 1.29 is 9.53 Å². The van der Waals surface area contributed by atoms with Gasteiger partial charge in [-0.3, -0.25) is 0 Å². The minimum Gasteiger partial charge on any atom is -0.462 e. The number of hydrogen-bond donors (Lipinski definition) is 1. The van der Waals surface area contributed by atoms with E-state index in [1.54, 1.807) is 6.92 Å². The van der Waals surface area contributed by atoms with Gasteiger partial charge in [0.25, 0.3) is 0 Å². The molecular formula is C14H14BrNO2S. The number of rotatable bonds is 3. The van der Waals surface area contributed by atoms with Gasteiger partial charge in [-0.25, -0.2) is 4.79 Å². The van der Waals surface area contributed by atoms with Crippen LogP contribution in [0.3, 0.4) is 0 Å². The summed E-state index contributed by atoms with van der Waals surface area (Å²) in [5, 5.41) is 0. The third kappa shape index (κ3) is 2.82. The van der Waals surface area contributed by atoms with E-state index < -0.39 is 0 Å². The second kappa shape index (κ2) is 5.75. The normalized spacial score (nSPS) is 10.5.